The zero-order chi connectivity index (χ0) is 23.0. The van der Waals surface area contributed by atoms with E-state index in [9.17, 15) is 24.0 Å². The zero-order valence-electron chi connectivity index (χ0n) is 17.0. The van der Waals surface area contributed by atoms with E-state index in [4.69, 9.17) is 15.9 Å². The minimum Gasteiger partial charge on any atom is -0.481 e. The smallest absolute Gasteiger partial charge is 0.326 e. The number of carbonyl (C=O) groups is 5. The van der Waals surface area contributed by atoms with Crippen molar-refractivity contribution in [3.05, 3.63) is 0 Å². The summed E-state index contributed by atoms with van der Waals surface area (Å²) in [7, 11) is 0. The maximum Gasteiger partial charge on any atom is 0.326 e. The quantitative estimate of drug-likeness (QED) is 0.214. The van der Waals surface area contributed by atoms with E-state index >= 15 is 0 Å². The van der Waals surface area contributed by atoms with Gasteiger partial charge in [-0.15, -0.1) is 0 Å². The highest BCUT2D eigenvalue weighted by atomic mass is 32.1. The van der Waals surface area contributed by atoms with E-state index in [1.807, 2.05) is 13.8 Å². The van der Waals surface area contributed by atoms with Gasteiger partial charge in [-0.25, -0.2) is 4.79 Å². The van der Waals surface area contributed by atoms with Crippen molar-refractivity contribution in [1.82, 2.24) is 15.5 Å². The van der Waals surface area contributed by atoms with E-state index in [-0.39, 0.29) is 17.6 Å². The predicted molar refractivity (Wildman–Crippen MR) is 110 cm³/mol. The molecule has 1 aliphatic heterocycles. The van der Waals surface area contributed by atoms with Crippen LogP contribution in [-0.2, 0) is 24.0 Å². The second-order valence-corrected chi connectivity index (χ2v) is 8.03. The molecule has 0 aromatic heterocycles. The number of aliphatic carboxylic acids is 2. The van der Waals surface area contributed by atoms with Gasteiger partial charge in [0.25, 0.3) is 0 Å². The van der Waals surface area contributed by atoms with Gasteiger partial charge < -0.3 is 31.5 Å². The third kappa shape index (κ3) is 7.48. The van der Waals surface area contributed by atoms with Crippen molar-refractivity contribution in [2.75, 3.05) is 12.3 Å². The molecular weight excluding hydrogens is 416 g/mol. The molecule has 1 saturated heterocycles. The fourth-order valence-corrected chi connectivity index (χ4v) is 3.49. The van der Waals surface area contributed by atoms with Crippen molar-refractivity contribution in [2.45, 2.75) is 63.7 Å². The van der Waals surface area contributed by atoms with Crippen LogP contribution in [0.2, 0.25) is 0 Å². The van der Waals surface area contributed by atoms with Crippen molar-refractivity contribution in [1.29, 1.82) is 0 Å². The maximum atomic E-state index is 12.7. The Labute approximate surface area is 180 Å². The van der Waals surface area contributed by atoms with E-state index in [1.54, 1.807) is 0 Å². The Hall–Kier alpha value is -2.34. The highest BCUT2D eigenvalue weighted by molar-refractivity contribution is 7.80. The monoisotopic (exact) mass is 446 g/mol. The van der Waals surface area contributed by atoms with E-state index in [0.717, 1.165) is 0 Å². The number of nitrogens with zero attached hydrogens (tertiary/aromatic N) is 1. The Kier molecular flexibility index (Phi) is 10.1. The first-order valence-corrected chi connectivity index (χ1v) is 10.3. The molecule has 170 valence electrons. The van der Waals surface area contributed by atoms with Crippen molar-refractivity contribution >= 4 is 42.3 Å². The Morgan fingerprint density at radius 3 is 2.27 bits per heavy atom. The van der Waals surface area contributed by atoms with Crippen molar-refractivity contribution in [3.8, 4) is 0 Å². The lowest BCUT2D eigenvalue weighted by molar-refractivity contribution is -0.147. The molecule has 4 atom stereocenters. The van der Waals surface area contributed by atoms with Gasteiger partial charge in [0, 0.05) is 12.3 Å². The van der Waals surface area contributed by atoms with Gasteiger partial charge in [0.2, 0.25) is 17.7 Å². The van der Waals surface area contributed by atoms with Crippen LogP contribution in [0.3, 0.4) is 0 Å². The number of carboxylic acids is 2. The molecule has 6 N–H and O–H groups in total. The summed E-state index contributed by atoms with van der Waals surface area (Å²) in [5.74, 6) is -4.63. The topological polar surface area (TPSA) is 179 Å². The summed E-state index contributed by atoms with van der Waals surface area (Å²) in [6.45, 7) is 4.25. The third-order valence-corrected chi connectivity index (χ3v) is 5.06. The summed E-state index contributed by atoms with van der Waals surface area (Å²) in [6.07, 6.45) is 0.678. The highest BCUT2D eigenvalue weighted by Crippen LogP contribution is 2.20. The summed E-state index contributed by atoms with van der Waals surface area (Å²) in [6, 6.07) is -4.36. The van der Waals surface area contributed by atoms with E-state index in [0.29, 0.717) is 25.8 Å². The average molecular weight is 447 g/mol. The van der Waals surface area contributed by atoms with Gasteiger partial charge >= 0.3 is 11.9 Å². The van der Waals surface area contributed by atoms with Gasteiger partial charge in [0.1, 0.15) is 18.1 Å². The number of carbonyl (C=O) groups excluding carboxylic acids is 3. The third-order valence-electron chi connectivity index (χ3n) is 4.69. The minimum absolute atomic E-state index is 0.148. The summed E-state index contributed by atoms with van der Waals surface area (Å²) in [5.41, 5.74) is 5.96. The fraction of sp³-hybridized carbons (Fsp3) is 0.722. The lowest BCUT2D eigenvalue weighted by atomic mass is 10.0. The molecule has 1 fully saturated rings. The second kappa shape index (κ2) is 11.7. The molecule has 0 aliphatic carbocycles. The second-order valence-electron chi connectivity index (χ2n) is 7.67. The summed E-state index contributed by atoms with van der Waals surface area (Å²) in [4.78, 5) is 60.9. The van der Waals surface area contributed by atoms with Gasteiger partial charge in [0.15, 0.2) is 0 Å². The lowest BCUT2D eigenvalue weighted by Crippen LogP contribution is -2.57. The number of likely N-dealkylation sites (tertiary alicyclic amines) is 1. The zero-order valence-corrected chi connectivity index (χ0v) is 17.9. The molecule has 3 amide bonds. The van der Waals surface area contributed by atoms with E-state index in [2.05, 4.69) is 23.3 Å². The first-order chi connectivity index (χ1) is 14.0. The van der Waals surface area contributed by atoms with Crippen LogP contribution in [0.1, 0.15) is 39.5 Å². The van der Waals surface area contributed by atoms with Crippen LogP contribution in [-0.4, -0.2) is 81.2 Å². The summed E-state index contributed by atoms with van der Waals surface area (Å²) < 4.78 is 0. The van der Waals surface area contributed by atoms with Crippen LogP contribution < -0.4 is 16.4 Å². The molecule has 0 bridgehead atoms. The van der Waals surface area contributed by atoms with E-state index in [1.165, 1.54) is 4.90 Å². The van der Waals surface area contributed by atoms with Gasteiger partial charge in [-0.2, -0.15) is 12.6 Å². The molecule has 1 heterocycles. The van der Waals surface area contributed by atoms with Gasteiger partial charge in [-0.05, 0) is 25.2 Å². The number of nitrogens with one attached hydrogen (secondary N) is 2. The van der Waals surface area contributed by atoms with Crippen LogP contribution in [0.4, 0.5) is 0 Å². The Morgan fingerprint density at radius 2 is 1.77 bits per heavy atom. The molecule has 30 heavy (non-hydrogen) atoms. The molecule has 0 spiro atoms. The van der Waals surface area contributed by atoms with Gasteiger partial charge in [-0.1, -0.05) is 13.8 Å². The Bertz CT molecular complexity index is 673. The summed E-state index contributed by atoms with van der Waals surface area (Å²) in [5, 5.41) is 22.4. The molecule has 0 saturated carbocycles. The van der Waals surface area contributed by atoms with Crippen LogP contribution in [0.5, 0.6) is 0 Å². The average Bonchev–Trinajstić information content (AvgIpc) is 3.13. The molecule has 1 rings (SSSR count). The van der Waals surface area contributed by atoms with Crippen LogP contribution in [0.15, 0.2) is 0 Å². The van der Waals surface area contributed by atoms with Crippen LogP contribution in [0.25, 0.3) is 0 Å². The predicted octanol–water partition coefficient (Wildman–Crippen LogP) is -1.19. The molecule has 1 aliphatic rings. The SMILES string of the molecule is CC(C)CC(N)C(=O)N1CCCC1C(=O)NC(CS)C(=O)NC(CC(=O)O)C(=O)O. The molecule has 0 radical (unpaired) electrons. The summed E-state index contributed by atoms with van der Waals surface area (Å²) >= 11 is 4.01. The number of hydrogen-bond acceptors (Lipinski definition) is 7. The standard InChI is InChI=1S/C18H30N4O7S/c1-9(2)6-10(19)17(27)22-5-3-4-13(22)16(26)21-12(8-30)15(25)20-11(18(28)29)7-14(23)24/h9-13,30H,3-8,19H2,1-2H3,(H,20,25)(H,21,26)(H,23,24)(H,28,29). The van der Waals surface area contributed by atoms with Crippen molar-refractivity contribution in [3.63, 3.8) is 0 Å². The first kappa shape index (κ1) is 25.7. The highest BCUT2D eigenvalue weighted by Gasteiger charge is 2.37. The molecular formula is C18H30N4O7S. The normalized spacial score (nSPS) is 19.1. The van der Waals surface area contributed by atoms with Crippen LogP contribution >= 0.6 is 12.6 Å². The first-order valence-electron chi connectivity index (χ1n) is 9.70. The molecule has 4 unspecified atom stereocenters. The number of hydrogen-bond donors (Lipinski definition) is 6. The van der Waals surface area contributed by atoms with Gasteiger partial charge in [0.05, 0.1) is 12.5 Å². The number of thiol groups is 1. The van der Waals surface area contributed by atoms with Crippen molar-refractivity contribution < 1.29 is 34.2 Å². The van der Waals surface area contributed by atoms with Gasteiger partial charge in [-0.3, -0.25) is 19.2 Å². The number of rotatable bonds is 11. The van der Waals surface area contributed by atoms with Crippen LogP contribution in [0, 0.1) is 5.92 Å². The maximum absolute atomic E-state index is 12.7. The molecule has 11 nitrogen and oxygen atoms in total. The van der Waals surface area contributed by atoms with Crippen molar-refractivity contribution in [2.24, 2.45) is 11.7 Å². The number of carboxylic acid groups (broad SMARTS) is 2. The molecule has 0 aromatic rings. The molecule has 12 heteroatoms. The minimum atomic E-state index is -1.65. The molecule has 0 aromatic carbocycles. The Balaban J connectivity index is 2.79. The number of amides is 3. The lowest BCUT2D eigenvalue weighted by Gasteiger charge is -2.28. The Morgan fingerprint density at radius 1 is 1.13 bits per heavy atom. The largest absolute Gasteiger partial charge is 0.481 e. The fourth-order valence-electron chi connectivity index (χ4n) is 3.23. The number of nitrogens with two attached hydrogens (primary N) is 1. The van der Waals surface area contributed by atoms with E-state index < -0.39 is 54.3 Å².